The molecule has 0 atom stereocenters. The van der Waals surface area contributed by atoms with Gasteiger partial charge in [0.2, 0.25) is 5.91 Å². The third-order valence-corrected chi connectivity index (χ3v) is 2.89. The zero-order valence-corrected chi connectivity index (χ0v) is 9.46. The van der Waals surface area contributed by atoms with Crippen LogP contribution in [0.15, 0.2) is 24.3 Å². The largest absolute Gasteiger partial charge is 0.312 e. The van der Waals surface area contributed by atoms with E-state index >= 15 is 0 Å². The minimum Gasteiger partial charge on any atom is -0.312 e. The monoisotopic (exact) mass is 253 g/mol. The van der Waals surface area contributed by atoms with Gasteiger partial charge >= 0.3 is 0 Å². The molecule has 1 aliphatic heterocycles. The van der Waals surface area contributed by atoms with Gasteiger partial charge in [0.15, 0.2) is 0 Å². The summed E-state index contributed by atoms with van der Waals surface area (Å²) in [6.45, 7) is 0.838. The summed E-state index contributed by atoms with van der Waals surface area (Å²) in [5.41, 5.74) is 2.38. The number of carbonyl (C=O) groups excluding carboxylic acids is 1. The molecule has 0 aromatic heterocycles. The summed E-state index contributed by atoms with van der Waals surface area (Å²) in [7, 11) is 0. The second-order valence-electron chi connectivity index (χ2n) is 3.36. The van der Waals surface area contributed by atoms with Crippen LogP contribution in [0.4, 0.5) is 5.69 Å². The molecule has 0 fully saturated rings. The summed E-state index contributed by atoms with van der Waals surface area (Å²) in [4.78, 5) is 13.6. The molecule has 0 spiro atoms. The van der Waals surface area contributed by atoms with Crippen molar-refractivity contribution in [2.24, 2.45) is 0 Å². The van der Waals surface area contributed by atoms with Gasteiger partial charge in [0, 0.05) is 24.0 Å². The Kier molecular flexibility index (Phi) is 2.87. The zero-order valence-electron chi connectivity index (χ0n) is 7.87. The lowest BCUT2D eigenvalue weighted by Gasteiger charge is -2.16. The van der Waals surface area contributed by atoms with Crippen LogP contribution < -0.4 is 4.90 Å². The first-order valence-electron chi connectivity index (χ1n) is 4.77. The van der Waals surface area contributed by atoms with Crippen LogP contribution in [-0.2, 0) is 11.2 Å². The van der Waals surface area contributed by atoms with Crippen LogP contribution in [0.3, 0.4) is 0 Å². The number of nitrogens with zero attached hydrogens (tertiary/aromatic N) is 1. The second kappa shape index (κ2) is 4.13. The SMILES string of the molecule is O=C(CCBr)N1CCc2ccccc21. The Morgan fingerprint density at radius 2 is 2.21 bits per heavy atom. The molecule has 2 nitrogen and oxygen atoms in total. The van der Waals surface area contributed by atoms with Crippen LogP contribution in [0.2, 0.25) is 0 Å². The van der Waals surface area contributed by atoms with Crippen molar-refractivity contribution in [2.45, 2.75) is 12.8 Å². The molecule has 2 rings (SSSR count). The highest BCUT2D eigenvalue weighted by molar-refractivity contribution is 9.09. The zero-order chi connectivity index (χ0) is 9.97. The van der Waals surface area contributed by atoms with E-state index in [0.29, 0.717) is 6.42 Å². The molecule has 0 aliphatic carbocycles. The molecule has 0 bridgehead atoms. The predicted octanol–water partition coefficient (Wildman–Crippen LogP) is 2.36. The van der Waals surface area contributed by atoms with Crippen LogP contribution >= 0.6 is 15.9 Å². The number of anilines is 1. The number of para-hydroxylation sites is 1. The maximum Gasteiger partial charge on any atom is 0.227 e. The first-order valence-corrected chi connectivity index (χ1v) is 5.89. The lowest BCUT2D eigenvalue weighted by atomic mass is 10.2. The van der Waals surface area contributed by atoms with E-state index in [4.69, 9.17) is 0 Å². The normalized spacial score (nSPS) is 14.2. The van der Waals surface area contributed by atoms with E-state index in [2.05, 4.69) is 22.0 Å². The van der Waals surface area contributed by atoms with Crippen molar-refractivity contribution in [3.8, 4) is 0 Å². The fourth-order valence-corrected chi connectivity index (χ4v) is 2.15. The van der Waals surface area contributed by atoms with Gasteiger partial charge in [-0.25, -0.2) is 0 Å². The Labute approximate surface area is 92.0 Å². The molecule has 1 heterocycles. The van der Waals surface area contributed by atoms with E-state index < -0.39 is 0 Å². The third kappa shape index (κ3) is 1.69. The third-order valence-electron chi connectivity index (χ3n) is 2.50. The van der Waals surface area contributed by atoms with Gasteiger partial charge in [-0.05, 0) is 18.1 Å². The minimum atomic E-state index is 0.215. The Bertz CT molecular complexity index is 351. The van der Waals surface area contributed by atoms with E-state index in [1.807, 2.05) is 23.1 Å². The van der Waals surface area contributed by atoms with Crippen LogP contribution in [0.25, 0.3) is 0 Å². The summed E-state index contributed by atoms with van der Waals surface area (Å²) in [5, 5.41) is 0.741. The molecule has 1 aromatic rings. The molecule has 0 unspecified atom stereocenters. The number of alkyl halides is 1. The second-order valence-corrected chi connectivity index (χ2v) is 4.16. The predicted molar refractivity (Wildman–Crippen MR) is 60.9 cm³/mol. The Hall–Kier alpha value is -0.830. The van der Waals surface area contributed by atoms with Crippen LogP contribution in [0.1, 0.15) is 12.0 Å². The number of amides is 1. The van der Waals surface area contributed by atoms with Crippen molar-refractivity contribution in [1.82, 2.24) is 0 Å². The smallest absolute Gasteiger partial charge is 0.227 e. The molecule has 74 valence electrons. The summed E-state index contributed by atoms with van der Waals surface area (Å²) in [6, 6.07) is 8.13. The van der Waals surface area contributed by atoms with Crippen molar-refractivity contribution in [3.05, 3.63) is 29.8 Å². The first kappa shape index (κ1) is 9.71. The average Bonchev–Trinajstić information content (AvgIpc) is 2.61. The molecule has 0 radical (unpaired) electrons. The minimum absolute atomic E-state index is 0.215. The van der Waals surface area contributed by atoms with Crippen LogP contribution in [-0.4, -0.2) is 17.8 Å². The Morgan fingerprint density at radius 1 is 1.43 bits per heavy atom. The van der Waals surface area contributed by atoms with Crippen molar-refractivity contribution >= 4 is 27.5 Å². The number of hydrogen-bond donors (Lipinski definition) is 0. The molecular formula is C11H12BrNO. The van der Waals surface area contributed by atoms with Gasteiger partial charge in [-0.3, -0.25) is 4.79 Å². The van der Waals surface area contributed by atoms with Crippen molar-refractivity contribution in [2.75, 3.05) is 16.8 Å². The molecule has 0 saturated carbocycles. The van der Waals surface area contributed by atoms with Gasteiger partial charge in [0.25, 0.3) is 0 Å². The summed E-state index contributed by atoms with van der Waals surface area (Å²) < 4.78 is 0. The van der Waals surface area contributed by atoms with E-state index in [9.17, 15) is 4.79 Å². The fraction of sp³-hybridized carbons (Fsp3) is 0.364. The molecule has 0 N–H and O–H groups in total. The topological polar surface area (TPSA) is 20.3 Å². The highest BCUT2D eigenvalue weighted by Gasteiger charge is 2.22. The van der Waals surface area contributed by atoms with Gasteiger partial charge in [0.1, 0.15) is 0 Å². The number of halogens is 1. The maximum atomic E-state index is 11.7. The van der Waals surface area contributed by atoms with E-state index in [1.165, 1.54) is 5.56 Å². The molecule has 1 aromatic carbocycles. The van der Waals surface area contributed by atoms with E-state index in [1.54, 1.807) is 0 Å². The van der Waals surface area contributed by atoms with Crippen LogP contribution in [0, 0.1) is 0 Å². The molecule has 1 aliphatic rings. The number of carbonyl (C=O) groups is 1. The van der Waals surface area contributed by atoms with Gasteiger partial charge in [-0.2, -0.15) is 0 Å². The maximum absolute atomic E-state index is 11.7. The average molecular weight is 254 g/mol. The standard InChI is InChI=1S/C11H12BrNO/c12-7-5-11(14)13-8-6-9-3-1-2-4-10(9)13/h1-4H,5-8H2. The van der Waals surface area contributed by atoms with Gasteiger partial charge in [-0.1, -0.05) is 34.1 Å². The molecular weight excluding hydrogens is 242 g/mol. The van der Waals surface area contributed by atoms with Crippen molar-refractivity contribution < 1.29 is 4.79 Å². The molecule has 14 heavy (non-hydrogen) atoms. The number of hydrogen-bond acceptors (Lipinski definition) is 1. The Morgan fingerprint density at radius 3 is 3.00 bits per heavy atom. The number of rotatable bonds is 2. The van der Waals surface area contributed by atoms with E-state index in [0.717, 1.165) is 24.0 Å². The van der Waals surface area contributed by atoms with Gasteiger partial charge in [-0.15, -0.1) is 0 Å². The number of fused-ring (bicyclic) bond motifs is 1. The first-order chi connectivity index (χ1) is 6.83. The summed E-state index contributed by atoms with van der Waals surface area (Å²) in [5.74, 6) is 0.215. The molecule has 1 amide bonds. The van der Waals surface area contributed by atoms with Gasteiger partial charge < -0.3 is 4.90 Å². The lowest BCUT2D eigenvalue weighted by molar-refractivity contribution is -0.118. The van der Waals surface area contributed by atoms with E-state index in [-0.39, 0.29) is 5.91 Å². The molecule has 3 heteroatoms. The van der Waals surface area contributed by atoms with Gasteiger partial charge in [0.05, 0.1) is 0 Å². The highest BCUT2D eigenvalue weighted by atomic mass is 79.9. The lowest BCUT2D eigenvalue weighted by Crippen LogP contribution is -2.28. The quantitative estimate of drug-likeness (QED) is 0.742. The van der Waals surface area contributed by atoms with Crippen molar-refractivity contribution in [3.63, 3.8) is 0 Å². The summed E-state index contributed by atoms with van der Waals surface area (Å²) in [6.07, 6.45) is 1.57. The highest BCUT2D eigenvalue weighted by Crippen LogP contribution is 2.27. The molecule has 0 saturated heterocycles. The fourth-order valence-electron chi connectivity index (χ4n) is 1.81. The Balaban J connectivity index is 2.21. The van der Waals surface area contributed by atoms with Crippen LogP contribution in [0.5, 0.6) is 0 Å². The van der Waals surface area contributed by atoms with Crippen molar-refractivity contribution in [1.29, 1.82) is 0 Å². The summed E-state index contributed by atoms with van der Waals surface area (Å²) >= 11 is 3.29. The number of benzene rings is 1.